The van der Waals surface area contributed by atoms with Crippen LogP contribution in [0.15, 0.2) is 36.4 Å². The second-order valence-corrected chi connectivity index (χ2v) is 6.42. The van der Waals surface area contributed by atoms with Crippen molar-refractivity contribution in [3.63, 3.8) is 0 Å². The Labute approximate surface area is 146 Å². The van der Waals surface area contributed by atoms with Gasteiger partial charge >= 0.3 is 0 Å². The molecule has 0 bridgehead atoms. The number of nitrogens with zero attached hydrogens (tertiary/aromatic N) is 3. The topological polar surface area (TPSA) is 30.3 Å². The number of rotatable bonds is 2. The molecule has 0 saturated carbocycles. The van der Waals surface area contributed by atoms with Crippen molar-refractivity contribution < 1.29 is 4.74 Å². The van der Waals surface area contributed by atoms with Gasteiger partial charge in [-0.2, -0.15) is 0 Å². The molecular weight excluding hydrogens is 322 g/mol. The van der Waals surface area contributed by atoms with E-state index in [1.54, 1.807) is 0 Å². The number of hydrogen-bond donors (Lipinski definition) is 0. The van der Waals surface area contributed by atoms with Crippen molar-refractivity contribution in [2.75, 3.05) is 31.2 Å². The monoisotopic (exact) mass is 341 g/mol. The van der Waals surface area contributed by atoms with E-state index < -0.39 is 0 Å². The molecule has 4 rings (SSSR count). The smallest absolute Gasteiger partial charge is 0.159 e. The Morgan fingerprint density at radius 2 is 1.83 bits per heavy atom. The Bertz CT molecular complexity index is 861. The van der Waals surface area contributed by atoms with Crippen LogP contribution in [-0.2, 0) is 4.74 Å². The number of anilines is 1. The SMILES string of the molecule is Clc1ccc(-n2nc(N3CCOCC3)c3c2=CCCC=CC=3)cc1. The van der Waals surface area contributed by atoms with Crippen LogP contribution in [0, 0.1) is 0 Å². The van der Waals surface area contributed by atoms with Crippen molar-refractivity contribution in [2.45, 2.75) is 12.8 Å². The van der Waals surface area contributed by atoms with Gasteiger partial charge in [0.2, 0.25) is 0 Å². The van der Waals surface area contributed by atoms with Gasteiger partial charge in [-0.25, -0.2) is 4.68 Å². The lowest BCUT2D eigenvalue weighted by Crippen LogP contribution is -2.40. The predicted molar refractivity (Wildman–Crippen MR) is 98.2 cm³/mol. The highest BCUT2D eigenvalue weighted by Crippen LogP contribution is 2.14. The van der Waals surface area contributed by atoms with E-state index in [1.165, 1.54) is 5.22 Å². The quantitative estimate of drug-likeness (QED) is 0.839. The Hall–Kier alpha value is -2.04. The third kappa shape index (κ3) is 2.99. The molecule has 1 aromatic carbocycles. The van der Waals surface area contributed by atoms with Crippen LogP contribution in [0.2, 0.25) is 5.02 Å². The summed E-state index contributed by atoms with van der Waals surface area (Å²) in [4.78, 5) is 2.31. The van der Waals surface area contributed by atoms with Crippen molar-refractivity contribution in [1.29, 1.82) is 0 Å². The van der Waals surface area contributed by atoms with Gasteiger partial charge in [0.05, 0.1) is 24.3 Å². The van der Waals surface area contributed by atoms with Crippen LogP contribution in [0.4, 0.5) is 5.82 Å². The fourth-order valence-electron chi connectivity index (χ4n) is 3.15. The number of benzene rings is 1. The maximum Gasteiger partial charge on any atom is 0.159 e. The maximum atomic E-state index is 6.04. The Kier molecular flexibility index (Phi) is 4.41. The molecule has 1 aliphatic carbocycles. The third-order valence-corrected chi connectivity index (χ3v) is 4.64. The van der Waals surface area contributed by atoms with Gasteiger partial charge in [-0.1, -0.05) is 29.8 Å². The van der Waals surface area contributed by atoms with Gasteiger partial charge in [-0.3, -0.25) is 0 Å². The van der Waals surface area contributed by atoms with Crippen LogP contribution < -0.4 is 15.5 Å². The average Bonchev–Trinajstić information content (AvgIpc) is 2.93. The van der Waals surface area contributed by atoms with Crippen LogP contribution >= 0.6 is 11.6 Å². The molecule has 5 heteroatoms. The van der Waals surface area contributed by atoms with E-state index in [-0.39, 0.29) is 0 Å². The highest BCUT2D eigenvalue weighted by atomic mass is 35.5. The van der Waals surface area contributed by atoms with E-state index in [9.17, 15) is 0 Å². The van der Waals surface area contributed by atoms with Crippen LogP contribution in [0.25, 0.3) is 17.8 Å². The van der Waals surface area contributed by atoms with Crippen molar-refractivity contribution in [3.05, 3.63) is 52.0 Å². The molecule has 0 radical (unpaired) electrons. The molecule has 4 nitrogen and oxygen atoms in total. The van der Waals surface area contributed by atoms with Gasteiger partial charge in [-0.15, -0.1) is 5.10 Å². The van der Waals surface area contributed by atoms with Gasteiger partial charge in [0.1, 0.15) is 0 Å². The summed E-state index contributed by atoms with van der Waals surface area (Å²) >= 11 is 6.04. The summed E-state index contributed by atoms with van der Waals surface area (Å²) in [7, 11) is 0. The maximum absolute atomic E-state index is 6.04. The summed E-state index contributed by atoms with van der Waals surface area (Å²) in [5.74, 6) is 1.03. The predicted octanol–water partition coefficient (Wildman–Crippen LogP) is 2.27. The molecule has 0 amide bonds. The van der Waals surface area contributed by atoms with Gasteiger partial charge < -0.3 is 9.64 Å². The van der Waals surface area contributed by atoms with E-state index in [2.05, 4.69) is 29.2 Å². The van der Waals surface area contributed by atoms with E-state index in [0.717, 1.165) is 61.0 Å². The highest BCUT2D eigenvalue weighted by Gasteiger charge is 2.18. The summed E-state index contributed by atoms with van der Waals surface area (Å²) in [5, 5.41) is 8.02. The van der Waals surface area contributed by atoms with Crippen molar-refractivity contribution in [3.8, 4) is 5.69 Å². The molecule has 24 heavy (non-hydrogen) atoms. The zero-order valence-electron chi connectivity index (χ0n) is 13.5. The molecule has 0 spiro atoms. The first kappa shape index (κ1) is 15.5. The van der Waals surface area contributed by atoms with Gasteiger partial charge in [-0.05, 0) is 43.2 Å². The van der Waals surface area contributed by atoms with Gasteiger partial charge in [0.25, 0.3) is 0 Å². The lowest BCUT2D eigenvalue weighted by atomic mass is 10.2. The zero-order chi connectivity index (χ0) is 16.4. The summed E-state index contributed by atoms with van der Waals surface area (Å²) in [5.41, 5.74) is 1.03. The lowest BCUT2D eigenvalue weighted by Gasteiger charge is -2.26. The molecule has 1 saturated heterocycles. The van der Waals surface area contributed by atoms with Crippen LogP contribution in [-0.4, -0.2) is 36.1 Å². The molecule has 1 aromatic heterocycles. The van der Waals surface area contributed by atoms with Crippen LogP contribution in [0.5, 0.6) is 0 Å². The first-order chi connectivity index (χ1) is 11.8. The Morgan fingerprint density at radius 3 is 2.62 bits per heavy atom. The number of ether oxygens (including phenoxy) is 1. The van der Waals surface area contributed by atoms with Crippen LogP contribution in [0.3, 0.4) is 0 Å². The molecule has 2 heterocycles. The molecule has 0 atom stereocenters. The number of allylic oxidation sites excluding steroid dienone is 2. The first-order valence-corrected chi connectivity index (χ1v) is 8.75. The number of aromatic nitrogens is 2. The van der Waals surface area contributed by atoms with Crippen molar-refractivity contribution in [1.82, 2.24) is 9.78 Å². The lowest BCUT2D eigenvalue weighted by molar-refractivity contribution is 0.122. The second-order valence-electron chi connectivity index (χ2n) is 5.99. The van der Waals surface area contributed by atoms with Crippen molar-refractivity contribution >= 4 is 29.6 Å². The van der Waals surface area contributed by atoms with E-state index in [4.69, 9.17) is 21.4 Å². The van der Waals surface area contributed by atoms with Crippen molar-refractivity contribution in [2.24, 2.45) is 0 Å². The molecule has 2 aromatic rings. The first-order valence-electron chi connectivity index (χ1n) is 8.38. The molecule has 2 aliphatic rings. The minimum atomic E-state index is 0.737. The van der Waals surface area contributed by atoms with Gasteiger partial charge in [0.15, 0.2) is 5.82 Å². The third-order valence-electron chi connectivity index (χ3n) is 4.39. The molecule has 1 fully saturated rings. The largest absolute Gasteiger partial charge is 0.378 e. The fourth-order valence-corrected chi connectivity index (χ4v) is 3.28. The standard InChI is InChI=1S/C19H20ClN3O/c20-15-7-9-16(10-8-15)23-18-6-4-2-1-3-5-17(18)19(21-23)22-11-13-24-14-12-22/h1,3,5-10H,2,4,11-14H2. The second kappa shape index (κ2) is 6.83. The van der Waals surface area contributed by atoms with E-state index in [0.29, 0.717) is 0 Å². The van der Waals surface area contributed by atoms with Crippen LogP contribution in [0.1, 0.15) is 12.8 Å². The van der Waals surface area contributed by atoms with Gasteiger partial charge in [0, 0.05) is 23.3 Å². The minimum Gasteiger partial charge on any atom is -0.378 e. The zero-order valence-corrected chi connectivity index (χ0v) is 14.2. The Morgan fingerprint density at radius 1 is 1.04 bits per heavy atom. The highest BCUT2D eigenvalue weighted by molar-refractivity contribution is 6.30. The number of morpholine rings is 1. The summed E-state index contributed by atoms with van der Waals surface area (Å²) in [6.07, 6.45) is 10.9. The minimum absolute atomic E-state index is 0.737. The number of hydrogen-bond acceptors (Lipinski definition) is 3. The normalized spacial score (nSPS) is 17.5. The summed E-state index contributed by atoms with van der Waals surface area (Å²) in [6, 6.07) is 7.85. The van der Waals surface area contributed by atoms with E-state index >= 15 is 0 Å². The average molecular weight is 342 g/mol. The van der Waals surface area contributed by atoms with E-state index in [1.807, 2.05) is 28.9 Å². The number of fused-ring (bicyclic) bond motifs is 1. The molecule has 1 aliphatic heterocycles. The summed E-state index contributed by atoms with van der Waals surface area (Å²) < 4.78 is 7.53. The Balaban J connectivity index is 1.91. The molecular formula is C19H20ClN3O. The molecule has 124 valence electrons. The summed E-state index contributed by atoms with van der Waals surface area (Å²) in [6.45, 7) is 3.26. The fraction of sp³-hybridized carbons (Fsp3) is 0.316. The number of halogens is 1. The molecule has 0 unspecified atom stereocenters. The molecule has 0 N–H and O–H groups in total.